The van der Waals surface area contributed by atoms with Crippen LogP contribution in [0.1, 0.15) is 12.0 Å². The predicted molar refractivity (Wildman–Crippen MR) is 113 cm³/mol. The Bertz CT molecular complexity index is 874. The van der Waals surface area contributed by atoms with Gasteiger partial charge in [0, 0.05) is 16.5 Å². The molecule has 1 amide bonds. The maximum absolute atomic E-state index is 12.2. The first kappa shape index (κ1) is 21.6. The van der Waals surface area contributed by atoms with Gasteiger partial charge >= 0.3 is 0 Å². The van der Waals surface area contributed by atoms with Crippen molar-refractivity contribution in [2.75, 3.05) is 29.4 Å². The molecule has 0 saturated heterocycles. The van der Waals surface area contributed by atoms with E-state index in [0.717, 1.165) is 22.7 Å². The Kier molecular flexibility index (Phi) is 8.01. The fraction of sp³-hybridized carbons (Fsp3) is 0.316. The van der Waals surface area contributed by atoms with Crippen LogP contribution in [0.3, 0.4) is 0 Å². The molecule has 0 bridgehead atoms. The minimum absolute atomic E-state index is 0.272. The molecule has 27 heavy (non-hydrogen) atoms. The van der Waals surface area contributed by atoms with Crippen LogP contribution in [-0.4, -0.2) is 39.4 Å². The molecule has 0 aromatic heterocycles. The van der Waals surface area contributed by atoms with E-state index in [4.69, 9.17) is 11.6 Å². The number of nitrogens with one attached hydrogen (secondary N) is 1. The van der Waals surface area contributed by atoms with E-state index in [1.165, 1.54) is 4.90 Å². The van der Waals surface area contributed by atoms with Crippen LogP contribution >= 0.6 is 23.4 Å². The second kappa shape index (κ2) is 10.0. The van der Waals surface area contributed by atoms with Crippen molar-refractivity contribution in [3.8, 4) is 0 Å². The molecular formula is C19H23ClN2O3S2. The Morgan fingerprint density at radius 1 is 1.15 bits per heavy atom. The summed E-state index contributed by atoms with van der Waals surface area (Å²) in [6.07, 6.45) is 1.87. The lowest BCUT2D eigenvalue weighted by Gasteiger charge is -2.24. The van der Waals surface area contributed by atoms with E-state index in [0.29, 0.717) is 22.8 Å². The van der Waals surface area contributed by atoms with Gasteiger partial charge < -0.3 is 5.32 Å². The zero-order valence-electron chi connectivity index (χ0n) is 15.3. The summed E-state index contributed by atoms with van der Waals surface area (Å²) in [5, 5.41) is 3.24. The summed E-state index contributed by atoms with van der Waals surface area (Å²) in [6, 6.07) is 15.0. The Labute approximate surface area is 170 Å². The van der Waals surface area contributed by atoms with Crippen molar-refractivity contribution in [3.05, 3.63) is 59.1 Å². The molecular weight excluding hydrogens is 404 g/mol. The van der Waals surface area contributed by atoms with Gasteiger partial charge in [0.2, 0.25) is 15.9 Å². The number of thioether (sulfide) groups is 1. The topological polar surface area (TPSA) is 66.5 Å². The highest BCUT2D eigenvalue weighted by Crippen LogP contribution is 2.28. The molecule has 0 radical (unpaired) electrons. The lowest BCUT2D eigenvalue weighted by atomic mass is 10.2. The minimum Gasteiger partial charge on any atom is -0.354 e. The largest absolute Gasteiger partial charge is 0.354 e. The third-order valence-electron chi connectivity index (χ3n) is 3.85. The molecule has 146 valence electrons. The van der Waals surface area contributed by atoms with E-state index >= 15 is 0 Å². The maximum Gasteiger partial charge on any atom is 0.240 e. The molecule has 5 nitrogen and oxygen atoms in total. The molecule has 0 aliphatic carbocycles. The van der Waals surface area contributed by atoms with Crippen LogP contribution in [0.15, 0.2) is 53.4 Å². The fourth-order valence-electron chi connectivity index (χ4n) is 2.44. The van der Waals surface area contributed by atoms with Gasteiger partial charge in [0.15, 0.2) is 0 Å². The van der Waals surface area contributed by atoms with Gasteiger partial charge in [-0.25, -0.2) is 8.42 Å². The van der Waals surface area contributed by atoms with Crippen molar-refractivity contribution in [2.45, 2.75) is 18.2 Å². The van der Waals surface area contributed by atoms with Crippen LogP contribution in [-0.2, 0) is 14.8 Å². The molecule has 2 rings (SSSR count). The van der Waals surface area contributed by atoms with Gasteiger partial charge in [-0.3, -0.25) is 9.10 Å². The highest BCUT2D eigenvalue weighted by atomic mass is 35.5. The van der Waals surface area contributed by atoms with Crippen molar-refractivity contribution in [1.29, 1.82) is 0 Å². The van der Waals surface area contributed by atoms with Gasteiger partial charge in [-0.2, -0.15) is 0 Å². The van der Waals surface area contributed by atoms with Gasteiger partial charge in [0.1, 0.15) is 6.54 Å². The van der Waals surface area contributed by atoms with Crippen LogP contribution in [0.5, 0.6) is 0 Å². The van der Waals surface area contributed by atoms with E-state index < -0.39 is 10.0 Å². The molecule has 0 heterocycles. The average molecular weight is 427 g/mol. The van der Waals surface area contributed by atoms with Crippen molar-refractivity contribution in [1.82, 2.24) is 5.32 Å². The first-order chi connectivity index (χ1) is 12.8. The summed E-state index contributed by atoms with van der Waals surface area (Å²) < 4.78 is 25.4. The van der Waals surface area contributed by atoms with Crippen molar-refractivity contribution in [3.63, 3.8) is 0 Å². The van der Waals surface area contributed by atoms with E-state index in [1.807, 2.05) is 30.3 Å². The van der Waals surface area contributed by atoms with Crippen molar-refractivity contribution >= 4 is 45.0 Å². The van der Waals surface area contributed by atoms with Gasteiger partial charge in [-0.05, 0) is 48.9 Å². The number of carbonyl (C=O) groups excluding carboxylic acids is 1. The molecule has 0 aliphatic heterocycles. The Morgan fingerprint density at radius 2 is 1.85 bits per heavy atom. The second-order valence-corrected chi connectivity index (χ2v) is 9.50. The molecule has 1 N–H and O–H groups in total. The van der Waals surface area contributed by atoms with Crippen LogP contribution in [0.25, 0.3) is 0 Å². The number of hydrogen-bond acceptors (Lipinski definition) is 4. The standard InChI is InChI=1S/C19H23ClN2O3S2/c1-15-17(20)10-6-11-18(15)22(27(2,24)25)14-19(23)21-12-7-13-26-16-8-4-3-5-9-16/h3-6,8-11H,7,12-14H2,1-2H3,(H,21,23). The Hall–Kier alpha value is -1.70. The molecule has 0 fully saturated rings. The summed E-state index contributed by atoms with van der Waals surface area (Å²) in [7, 11) is -3.61. The number of nitrogens with zero attached hydrogens (tertiary/aromatic N) is 1. The highest BCUT2D eigenvalue weighted by molar-refractivity contribution is 7.99. The van der Waals surface area contributed by atoms with Gasteiger partial charge in [-0.1, -0.05) is 35.9 Å². The average Bonchev–Trinajstić information content (AvgIpc) is 2.62. The first-order valence-electron chi connectivity index (χ1n) is 8.46. The molecule has 0 saturated carbocycles. The lowest BCUT2D eigenvalue weighted by Crippen LogP contribution is -2.41. The van der Waals surface area contributed by atoms with E-state index in [1.54, 1.807) is 36.9 Å². The van der Waals surface area contributed by atoms with Crippen molar-refractivity contribution in [2.24, 2.45) is 0 Å². The minimum atomic E-state index is -3.61. The molecule has 0 spiro atoms. The number of sulfonamides is 1. The second-order valence-electron chi connectivity index (χ2n) is 6.02. The zero-order chi connectivity index (χ0) is 19.9. The smallest absolute Gasteiger partial charge is 0.240 e. The zero-order valence-corrected chi connectivity index (χ0v) is 17.7. The number of hydrogen-bond donors (Lipinski definition) is 1. The third-order valence-corrected chi connectivity index (χ3v) is 6.48. The van der Waals surface area contributed by atoms with Gasteiger partial charge in [0.05, 0.1) is 11.9 Å². The van der Waals surface area contributed by atoms with Crippen LogP contribution in [0.4, 0.5) is 5.69 Å². The number of halogens is 1. The third kappa shape index (κ3) is 6.75. The number of amides is 1. The van der Waals surface area contributed by atoms with Crippen LogP contribution in [0.2, 0.25) is 5.02 Å². The fourth-order valence-corrected chi connectivity index (χ4v) is 4.39. The number of anilines is 1. The molecule has 2 aromatic rings. The first-order valence-corrected chi connectivity index (χ1v) is 11.7. The summed E-state index contributed by atoms with van der Waals surface area (Å²) in [5.41, 5.74) is 1.04. The normalized spacial score (nSPS) is 11.2. The van der Waals surface area contributed by atoms with Gasteiger partial charge in [0.25, 0.3) is 0 Å². The van der Waals surface area contributed by atoms with Gasteiger partial charge in [-0.15, -0.1) is 11.8 Å². The Balaban J connectivity index is 1.88. The van der Waals surface area contributed by atoms with E-state index in [-0.39, 0.29) is 12.5 Å². The van der Waals surface area contributed by atoms with E-state index in [2.05, 4.69) is 5.32 Å². The number of rotatable bonds is 9. The molecule has 2 aromatic carbocycles. The predicted octanol–water partition coefficient (Wildman–Crippen LogP) is 3.71. The van der Waals surface area contributed by atoms with Crippen LogP contribution < -0.4 is 9.62 Å². The number of benzene rings is 2. The summed E-state index contributed by atoms with van der Waals surface area (Å²) in [4.78, 5) is 13.4. The Morgan fingerprint density at radius 3 is 2.52 bits per heavy atom. The maximum atomic E-state index is 12.2. The summed E-state index contributed by atoms with van der Waals surface area (Å²) >= 11 is 7.81. The summed E-state index contributed by atoms with van der Waals surface area (Å²) in [6.45, 7) is 1.95. The molecule has 8 heteroatoms. The number of carbonyl (C=O) groups is 1. The quantitative estimate of drug-likeness (QED) is 0.490. The molecule has 0 atom stereocenters. The lowest BCUT2D eigenvalue weighted by molar-refractivity contribution is -0.119. The summed E-state index contributed by atoms with van der Waals surface area (Å²) in [5.74, 6) is 0.525. The molecule has 0 unspecified atom stereocenters. The van der Waals surface area contributed by atoms with Crippen LogP contribution in [0, 0.1) is 6.92 Å². The van der Waals surface area contributed by atoms with Crippen molar-refractivity contribution < 1.29 is 13.2 Å². The molecule has 0 aliphatic rings. The highest BCUT2D eigenvalue weighted by Gasteiger charge is 2.22. The monoisotopic (exact) mass is 426 g/mol. The van der Waals surface area contributed by atoms with E-state index in [9.17, 15) is 13.2 Å². The SMILES string of the molecule is Cc1c(Cl)cccc1N(CC(=O)NCCCSc1ccccc1)S(C)(=O)=O.